The minimum absolute atomic E-state index is 0.311. The first-order chi connectivity index (χ1) is 14.6. The van der Waals surface area contributed by atoms with Crippen LogP contribution in [-0.2, 0) is 11.3 Å². The first-order valence-electron chi connectivity index (χ1n) is 10.4. The largest absolute Gasteiger partial charge is 0.427 e. The molecule has 0 saturated carbocycles. The zero-order valence-electron chi connectivity index (χ0n) is 17.5. The third kappa shape index (κ3) is 4.86. The van der Waals surface area contributed by atoms with Crippen molar-refractivity contribution in [2.75, 3.05) is 26.2 Å². The summed E-state index contributed by atoms with van der Waals surface area (Å²) in [5, 5.41) is 9.59. The molecule has 1 fully saturated rings. The summed E-state index contributed by atoms with van der Waals surface area (Å²) in [5.41, 5.74) is 3.38. The Hall–Kier alpha value is -3.18. The second-order valence-corrected chi connectivity index (χ2v) is 7.67. The smallest absolute Gasteiger partial charge is 0.308 e. The topological polar surface area (TPSA) is 45.1 Å². The van der Waals surface area contributed by atoms with E-state index in [1.54, 1.807) is 12.1 Å². The Morgan fingerprint density at radius 1 is 0.900 bits per heavy atom. The molecule has 0 radical (unpaired) electrons. The van der Waals surface area contributed by atoms with Gasteiger partial charge in [0.05, 0.1) is 5.71 Å². The van der Waals surface area contributed by atoms with Crippen LogP contribution in [0, 0.1) is 0 Å². The van der Waals surface area contributed by atoms with Gasteiger partial charge in [-0.2, -0.15) is 5.10 Å². The molecule has 1 heterocycles. The van der Waals surface area contributed by atoms with Crippen LogP contribution in [0.3, 0.4) is 0 Å². The van der Waals surface area contributed by atoms with Gasteiger partial charge in [0.1, 0.15) is 5.75 Å². The van der Waals surface area contributed by atoms with Gasteiger partial charge in [0.2, 0.25) is 0 Å². The van der Waals surface area contributed by atoms with Crippen molar-refractivity contribution >= 4 is 22.5 Å². The van der Waals surface area contributed by atoms with Crippen LogP contribution in [0.4, 0.5) is 0 Å². The molecule has 5 heteroatoms. The molecule has 3 aromatic carbocycles. The van der Waals surface area contributed by atoms with E-state index in [1.165, 1.54) is 23.3 Å². The van der Waals surface area contributed by atoms with E-state index in [9.17, 15) is 4.79 Å². The normalized spacial score (nSPS) is 15.4. The summed E-state index contributed by atoms with van der Waals surface area (Å²) in [7, 11) is 0. The standard InChI is InChI=1S/C25H27N3O2/c1-19(21-10-12-24(13-11-21)30-20(2)29)26-28-16-14-27(15-17-28)18-23-8-5-7-22-6-3-4-9-25(22)23/h3-13H,14-18H2,1-2H3. The SMILES string of the molecule is CC(=O)Oc1ccc(C(C)=NN2CCN(Cc3cccc4ccccc34)CC2)cc1. The molecule has 0 aliphatic carbocycles. The fourth-order valence-corrected chi connectivity index (χ4v) is 3.87. The zero-order valence-corrected chi connectivity index (χ0v) is 17.5. The van der Waals surface area contributed by atoms with E-state index in [0.29, 0.717) is 5.75 Å². The molecule has 0 N–H and O–H groups in total. The quantitative estimate of drug-likeness (QED) is 0.363. The van der Waals surface area contributed by atoms with Gasteiger partial charge in [0.25, 0.3) is 0 Å². The average molecular weight is 402 g/mol. The van der Waals surface area contributed by atoms with E-state index in [1.807, 2.05) is 19.1 Å². The van der Waals surface area contributed by atoms with Crippen LogP contribution < -0.4 is 4.74 Å². The molecule has 0 bridgehead atoms. The van der Waals surface area contributed by atoms with Gasteiger partial charge in [-0.15, -0.1) is 0 Å². The summed E-state index contributed by atoms with van der Waals surface area (Å²) >= 11 is 0. The highest BCUT2D eigenvalue weighted by Gasteiger charge is 2.17. The molecule has 0 spiro atoms. The monoisotopic (exact) mass is 401 g/mol. The van der Waals surface area contributed by atoms with Crippen molar-refractivity contribution in [2.45, 2.75) is 20.4 Å². The highest BCUT2D eigenvalue weighted by atomic mass is 16.5. The summed E-state index contributed by atoms with van der Waals surface area (Å²) < 4.78 is 5.09. The Kier molecular flexibility index (Phi) is 6.10. The lowest BCUT2D eigenvalue weighted by Gasteiger charge is -2.33. The first kappa shape index (κ1) is 20.1. The van der Waals surface area contributed by atoms with Crippen molar-refractivity contribution in [3.05, 3.63) is 77.9 Å². The van der Waals surface area contributed by atoms with Gasteiger partial charge in [0, 0.05) is 39.6 Å². The summed E-state index contributed by atoms with van der Waals surface area (Å²) in [5.74, 6) is 0.246. The molecule has 3 aromatic rings. The number of ether oxygens (including phenoxy) is 1. The van der Waals surface area contributed by atoms with Crippen molar-refractivity contribution in [2.24, 2.45) is 5.10 Å². The second-order valence-electron chi connectivity index (χ2n) is 7.67. The van der Waals surface area contributed by atoms with E-state index in [-0.39, 0.29) is 5.97 Å². The number of nitrogens with zero attached hydrogens (tertiary/aromatic N) is 3. The van der Waals surface area contributed by atoms with Gasteiger partial charge >= 0.3 is 5.97 Å². The van der Waals surface area contributed by atoms with Crippen LogP contribution in [0.25, 0.3) is 10.8 Å². The molecule has 0 unspecified atom stereocenters. The molecule has 5 nitrogen and oxygen atoms in total. The number of hydrogen-bond donors (Lipinski definition) is 0. The fraction of sp³-hybridized carbons (Fsp3) is 0.280. The van der Waals surface area contributed by atoms with Gasteiger partial charge in [0.15, 0.2) is 0 Å². The number of hydrazone groups is 1. The van der Waals surface area contributed by atoms with Crippen LogP contribution in [-0.4, -0.2) is 47.8 Å². The number of carbonyl (C=O) groups excluding carboxylic acids is 1. The molecule has 0 amide bonds. The van der Waals surface area contributed by atoms with Crippen molar-refractivity contribution in [3.8, 4) is 5.75 Å². The Balaban J connectivity index is 1.35. The molecule has 1 aliphatic heterocycles. The lowest BCUT2D eigenvalue weighted by Crippen LogP contribution is -2.43. The summed E-state index contributed by atoms with van der Waals surface area (Å²) in [6, 6.07) is 22.6. The number of benzene rings is 3. The average Bonchev–Trinajstić information content (AvgIpc) is 2.75. The Morgan fingerprint density at radius 2 is 1.60 bits per heavy atom. The predicted octanol–water partition coefficient (Wildman–Crippen LogP) is 4.31. The third-order valence-electron chi connectivity index (χ3n) is 5.45. The molecular weight excluding hydrogens is 374 g/mol. The van der Waals surface area contributed by atoms with E-state index >= 15 is 0 Å². The molecule has 0 aromatic heterocycles. The molecular formula is C25H27N3O2. The van der Waals surface area contributed by atoms with Crippen LogP contribution in [0.5, 0.6) is 5.75 Å². The van der Waals surface area contributed by atoms with Crippen LogP contribution in [0.2, 0.25) is 0 Å². The molecule has 30 heavy (non-hydrogen) atoms. The number of rotatable bonds is 5. The molecule has 154 valence electrons. The van der Waals surface area contributed by atoms with Crippen LogP contribution in [0.15, 0.2) is 71.8 Å². The number of hydrogen-bond acceptors (Lipinski definition) is 5. The molecule has 1 aliphatic rings. The summed E-state index contributed by atoms with van der Waals surface area (Å²) in [6.45, 7) is 8.19. The second kappa shape index (κ2) is 9.09. The minimum atomic E-state index is -0.311. The van der Waals surface area contributed by atoms with E-state index < -0.39 is 0 Å². The first-order valence-corrected chi connectivity index (χ1v) is 10.4. The van der Waals surface area contributed by atoms with Crippen LogP contribution >= 0.6 is 0 Å². The van der Waals surface area contributed by atoms with Gasteiger partial charge in [-0.25, -0.2) is 0 Å². The zero-order chi connectivity index (χ0) is 20.9. The summed E-state index contributed by atoms with van der Waals surface area (Å²) in [4.78, 5) is 13.5. The number of carbonyl (C=O) groups is 1. The van der Waals surface area contributed by atoms with Crippen molar-refractivity contribution in [1.29, 1.82) is 0 Å². The van der Waals surface area contributed by atoms with Gasteiger partial charge in [-0.3, -0.25) is 14.7 Å². The number of piperazine rings is 1. The molecule has 4 rings (SSSR count). The van der Waals surface area contributed by atoms with Gasteiger partial charge in [-0.05, 0) is 53.1 Å². The van der Waals surface area contributed by atoms with E-state index in [2.05, 4.69) is 52.4 Å². The van der Waals surface area contributed by atoms with E-state index in [4.69, 9.17) is 9.84 Å². The maximum absolute atomic E-state index is 11.0. The fourth-order valence-electron chi connectivity index (χ4n) is 3.87. The van der Waals surface area contributed by atoms with E-state index in [0.717, 1.165) is 44.0 Å². The van der Waals surface area contributed by atoms with Crippen molar-refractivity contribution < 1.29 is 9.53 Å². The Bertz CT molecular complexity index is 1050. The molecule has 1 saturated heterocycles. The maximum atomic E-state index is 11.0. The van der Waals surface area contributed by atoms with Gasteiger partial charge in [-0.1, -0.05) is 42.5 Å². The summed E-state index contributed by atoms with van der Waals surface area (Å²) in [6.07, 6.45) is 0. The van der Waals surface area contributed by atoms with Gasteiger partial charge < -0.3 is 4.74 Å². The highest BCUT2D eigenvalue weighted by Crippen LogP contribution is 2.21. The highest BCUT2D eigenvalue weighted by molar-refractivity contribution is 5.98. The Labute approximate surface area is 177 Å². The molecule has 0 atom stereocenters. The lowest BCUT2D eigenvalue weighted by molar-refractivity contribution is -0.131. The predicted molar refractivity (Wildman–Crippen MR) is 121 cm³/mol. The number of fused-ring (bicyclic) bond motifs is 1. The maximum Gasteiger partial charge on any atom is 0.308 e. The number of esters is 1. The lowest BCUT2D eigenvalue weighted by atomic mass is 10.0. The third-order valence-corrected chi connectivity index (χ3v) is 5.45. The Morgan fingerprint density at radius 3 is 2.33 bits per heavy atom. The van der Waals surface area contributed by atoms with Crippen LogP contribution in [0.1, 0.15) is 25.0 Å². The van der Waals surface area contributed by atoms with Crippen molar-refractivity contribution in [1.82, 2.24) is 9.91 Å². The van der Waals surface area contributed by atoms with Crippen molar-refractivity contribution in [3.63, 3.8) is 0 Å². The minimum Gasteiger partial charge on any atom is -0.427 e.